The summed E-state index contributed by atoms with van der Waals surface area (Å²) in [4.78, 5) is 23.3. The Labute approximate surface area is 80.7 Å². The molecule has 70 valence electrons. The van der Waals surface area contributed by atoms with Crippen LogP contribution in [0.4, 0.5) is 0 Å². The molecular formula is C11H8O3. The van der Waals surface area contributed by atoms with Crippen LogP contribution >= 0.6 is 0 Å². The Morgan fingerprint density at radius 1 is 1.07 bits per heavy atom. The summed E-state index contributed by atoms with van der Waals surface area (Å²) < 4.78 is 5.03. The first kappa shape index (κ1) is 7.88. The predicted octanol–water partition coefficient (Wildman–Crippen LogP) is 1.14. The third-order valence-corrected chi connectivity index (χ3v) is 2.71. The lowest BCUT2D eigenvalue weighted by atomic mass is 9.89. The third kappa shape index (κ3) is 0.849. The zero-order chi connectivity index (χ0) is 9.87. The Balaban J connectivity index is 2.24. The van der Waals surface area contributed by atoms with Crippen LogP contribution in [-0.2, 0) is 4.74 Å². The molecule has 2 aliphatic rings. The van der Waals surface area contributed by atoms with Gasteiger partial charge in [0.15, 0.2) is 23.8 Å². The van der Waals surface area contributed by atoms with E-state index in [-0.39, 0.29) is 11.6 Å². The molecule has 1 aromatic rings. The van der Waals surface area contributed by atoms with Crippen LogP contribution in [0.3, 0.4) is 0 Å². The van der Waals surface area contributed by atoms with Gasteiger partial charge in [0, 0.05) is 11.1 Å². The molecule has 1 saturated heterocycles. The topological polar surface area (TPSA) is 46.7 Å². The van der Waals surface area contributed by atoms with Gasteiger partial charge in [-0.3, -0.25) is 9.59 Å². The second-order valence-corrected chi connectivity index (χ2v) is 3.75. The van der Waals surface area contributed by atoms with Gasteiger partial charge in [-0.2, -0.15) is 0 Å². The molecule has 2 unspecified atom stereocenters. The van der Waals surface area contributed by atoms with E-state index in [1.165, 1.54) is 0 Å². The highest BCUT2D eigenvalue weighted by Gasteiger charge is 2.54. The summed E-state index contributed by atoms with van der Waals surface area (Å²) in [7, 11) is 0. The molecule has 0 bridgehead atoms. The maximum absolute atomic E-state index is 11.7. The quantitative estimate of drug-likeness (QED) is 0.573. The summed E-state index contributed by atoms with van der Waals surface area (Å²) in [5.41, 5.74) is 2.03. The Morgan fingerprint density at radius 2 is 1.71 bits per heavy atom. The zero-order valence-corrected chi connectivity index (χ0v) is 7.61. The van der Waals surface area contributed by atoms with Gasteiger partial charge in [0.05, 0.1) is 0 Å². The molecule has 1 aromatic carbocycles. The monoisotopic (exact) mass is 188 g/mol. The van der Waals surface area contributed by atoms with Gasteiger partial charge in [-0.1, -0.05) is 17.7 Å². The van der Waals surface area contributed by atoms with Gasteiger partial charge >= 0.3 is 0 Å². The molecular weight excluding hydrogens is 180 g/mol. The van der Waals surface area contributed by atoms with Crippen molar-refractivity contribution in [2.45, 2.75) is 19.1 Å². The minimum absolute atomic E-state index is 0.0479. The van der Waals surface area contributed by atoms with Gasteiger partial charge in [0.1, 0.15) is 0 Å². The minimum atomic E-state index is -0.489. The van der Waals surface area contributed by atoms with Crippen LogP contribution in [0.25, 0.3) is 0 Å². The summed E-state index contributed by atoms with van der Waals surface area (Å²) in [6.07, 6.45) is -0.977. The number of ketones is 2. The fourth-order valence-electron chi connectivity index (χ4n) is 1.89. The van der Waals surface area contributed by atoms with E-state index in [1.807, 2.05) is 13.0 Å². The average molecular weight is 188 g/mol. The van der Waals surface area contributed by atoms with Crippen molar-refractivity contribution in [1.29, 1.82) is 0 Å². The standard InChI is InChI=1S/C11H8O3/c1-5-2-3-6-7(4-5)9(13)11-10(14-11)8(6)12/h2-4,10-11H,1H3. The molecule has 0 saturated carbocycles. The average Bonchev–Trinajstić information content (AvgIpc) is 2.94. The first-order chi connectivity index (χ1) is 6.68. The Kier molecular flexibility index (Phi) is 1.30. The first-order valence-electron chi connectivity index (χ1n) is 4.53. The number of fused-ring (bicyclic) bond motifs is 2. The van der Waals surface area contributed by atoms with Crippen LogP contribution in [0.2, 0.25) is 0 Å². The number of carbonyl (C=O) groups is 2. The van der Waals surface area contributed by atoms with E-state index < -0.39 is 12.2 Å². The summed E-state index contributed by atoms with van der Waals surface area (Å²) in [6, 6.07) is 5.31. The van der Waals surface area contributed by atoms with Crippen molar-refractivity contribution < 1.29 is 14.3 Å². The van der Waals surface area contributed by atoms with E-state index in [2.05, 4.69) is 0 Å². The van der Waals surface area contributed by atoms with E-state index >= 15 is 0 Å². The SMILES string of the molecule is Cc1ccc2c(c1)C(=O)C1OC1C2=O. The maximum atomic E-state index is 11.7. The van der Waals surface area contributed by atoms with Crippen molar-refractivity contribution >= 4 is 11.6 Å². The number of rotatable bonds is 0. The lowest BCUT2D eigenvalue weighted by molar-refractivity contribution is 0.0922. The minimum Gasteiger partial charge on any atom is -0.352 e. The number of carbonyl (C=O) groups excluding carboxylic acids is 2. The van der Waals surface area contributed by atoms with Crippen LogP contribution in [0.15, 0.2) is 18.2 Å². The molecule has 3 rings (SSSR count). The van der Waals surface area contributed by atoms with Gasteiger partial charge in [0.25, 0.3) is 0 Å². The molecule has 14 heavy (non-hydrogen) atoms. The molecule has 1 aliphatic carbocycles. The summed E-state index contributed by atoms with van der Waals surface area (Å²) in [5.74, 6) is -0.0992. The van der Waals surface area contributed by atoms with E-state index in [0.29, 0.717) is 11.1 Å². The molecule has 0 aromatic heterocycles. The number of ether oxygens (including phenoxy) is 1. The van der Waals surface area contributed by atoms with Crippen molar-refractivity contribution in [3.63, 3.8) is 0 Å². The lowest BCUT2D eigenvalue weighted by Gasteiger charge is -2.10. The number of hydrogen-bond acceptors (Lipinski definition) is 3. The summed E-state index contributed by atoms with van der Waals surface area (Å²) in [6.45, 7) is 1.90. The molecule has 0 radical (unpaired) electrons. The molecule has 3 heteroatoms. The fraction of sp³-hybridized carbons (Fsp3) is 0.273. The summed E-state index contributed by atoms with van der Waals surface area (Å²) in [5, 5.41) is 0. The second-order valence-electron chi connectivity index (χ2n) is 3.75. The maximum Gasteiger partial charge on any atom is 0.195 e. The molecule has 2 atom stereocenters. The van der Waals surface area contributed by atoms with Crippen LogP contribution < -0.4 is 0 Å². The Hall–Kier alpha value is -1.48. The lowest BCUT2D eigenvalue weighted by Crippen LogP contribution is -2.25. The zero-order valence-electron chi connectivity index (χ0n) is 7.61. The van der Waals surface area contributed by atoms with Crippen molar-refractivity contribution in [2.24, 2.45) is 0 Å². The predicted molar refractivity (Wildman–Crippen MR) is 48.5 cm³/mol. The van der Waals surface area contributed by atoms with Crippen molar-refractivity contribution in [3.8, 4) is 0 Å². The Morgan fingerprint density at radius 3 is 2.43 bits per heavy atom. The smallest absolute Gasteiger partial charge is 0.195 e. The van der Waals surface area contributed by atoms with Crippen molar-refractivity contribution in [2.75, 3.05) is 0 Å². The van der Waals surface area contributed by atoms with Gasteiger partial charge in [0.2, 0.25) is 0 Å². The highest BCUT2D eigenvalue weighted by Crippen LogP contribution is 2.35. The number of benzene rings is 1. The molecule has 1 aliphatic heterocycles. The molecule has 1 fully saturated rings. The summed E-state index contributed by atoms with van der Waals surface area (Å²) >= 11 is 0. The van der Waals surface area contributed by atoms with Crippen LogP contribution in [-0.4, -0.2) is 23.8 Å². The van der Waals surface area contributed by atoms with E-state index in [4.69, 9.17) is 4.74 Å². The number of Topliss-reactive ketones (excluding diaryl/α,β-unsaturated/α-hetero) is 2. The normalized spacial score (nSPS) is 28.4. The van der Waals surface area contributed by atoms with E-state index in [0.717, 1.165) is 5.56 Å². The molecule has 0 amide bonds. The molecule has 1 heterocycles. The van der Waals surface area contributed by atoms with Crippen LogP contribution in [0, 0.1) is 6.92 Å². The van der Waals surface area contributed by atoms with Gasteiger partial charge in [-0.25, -0.2) is 0 Å². The fourth-order valence-corrected chi connectivity index (χ4v) is 1.89. The number of epoxide rings is 1. The Bertz CT molecular complexity index is 462. The molecule has 0 N–H and O–H groups in total. The van der Waals surface area contributed by atoms with Gasteiger partial charge in [-0.15, -0.1) is 0 Å². The molecule has 3 nitrogen and oxygen atoms in total. The van der Waals surface area contributed by atoms with Crippen molar-refractivity contribution in [3.05, 3.63) is 34.9 Å². The molecule has 0 spiro atoms. The largest absolute Gasteiger partial charge is 0.352 e. The van der Waals surface area contributed by atoms with E-state index in [1.54, 1.807) is 12.1 Å². The third-order valence-electron chi connectivity index (χ3n) is 2.71. The van der Waals surface area contributed by atoms with Crippen LogP contribution in [0.1, 0.15) is 26.3 Å². The van der Waals surface area contributed by atoms with Gasteiger partial charge in [-0.05, 0) is 13.0 Å². The van der Waals surface area contributed by atoms with Crippen LogP contribution in [0.5, 0.6) is 0 Å². The highest BCUT2D eigenvalue weighted by atomic mass is 16.6. The highest BCUT2D eigenvalue weighted by molar-refractivity contribution is 6.20. The van der Waals surface area contributed by atoms with E-state index in [9.17, 15) is 9.59 Å². The first-order valence-corrected chi connectivity index (χ1v) is 4.53. The second kappa shape index (κ2) is 2.30. The van der Waals surface area contributed by atoms with Crippen molar-refractivity contribution in [1.82, 2.24) is 0 Å². The number of hydrogen-bond donors (Lipinski definition) is 0. The number of aryl methyl sites for hydroxylation is 1. The van der Waals surface area contributed by atoms with Gasteiger partial charge < -0.3 is 4.74 Å².